The highest BCUT2D eigenvalue weighted by Gasteiger charge is 2.20. The van der Waals surface area contributed by atoms with Gasteiger partial charge in [-0.2, -0.15) is 0 Å². The first kappa shape index (κ1) is 13.7. The maximum Gasteiger partial charge on any atom is 0.171 e. The normalized spacial score (nSPS) is 12.2. The number of fused-ring (bicyclic) bond motifs is 1. The summed E-state index contributed by atoms with van der Waals surface area (Å²) >= 11 is 0. The van der Waals surface area contributed by atoms with Crippen molar-refractivity contribution in [1.82, 2.24) is 9.72 Å². The molecule has 0 atom stereocenters. The minimum atomic E-state index is 0.107. The van der Waals surface area contributed by atoms with E-state index in [1.807, 2.05) is 0 Å². The fourth-order valence-corrected chi connectivity index (χ4v) is 2.76. The fourth-order valence-electron chi connectivity index (χ4n) is 2.76. The van der Waals surface area contributed by atoms with E-state index in [2.05, 4.69) is 62.7 Å². The molecule has 21 heavy (non-hydrogen) atoms. The molecule has 0 spiro atoms. The van der Waals surface area contributed by atoms with Crippen molar-refractivity contribution in [2.75, 3.05) is 5.73 Å². The second kappa shape index (κ2) is 4.38. The maximum absolute atomic E-state index is 5.70. The van der Waals surface area contributed by atoms with Gasteiger partial charge in [-0.1, -0.05) is 32.0 Å². The summed E-state index contributed by atoms with van der Waals surface area (Å²) < 4.78 is 7.57. The second-order valence-corrected chi connectivity index (χ2v) is 6.62. The number of nitrogens with two attached hydrogens (primary N) is 1. The summed E-state index contributed by atoms with van der Waals surface area (Å²) in [6, 6.07) is 8.40. The number of aromatic nitrogens is 2. The number of hydrogen-bond donors (Lipinski definition) is 1. The van der Waals surface area contributed by atoms with Gasteiger partial charge >= 0.3 is 0 Å². The number of anilines is 1. The fraction of sp³-hybridized carbons (Fsp3) is 0.353. The Balaban J connectivity index is 2.35. The smallest absolute Gasteiger partial charge is 0.171 e. The maximum atomic E-state index is 5.70. The molecular weight excluding hydrogens is 262 g/mol. The number of nitrogen functional groups attached to an aromatic ring is 1. The lowest BCUT2D eigenvalue weighted by atomic mass is 9.86. The molecule has 2 N–H and O–H groups in total. The molecule has 0 radical (unpaired) electrons. The van der Waals surface area contributed by atoms with Gasteiger partial charge in [0.25, 0.3) is 0 Å². The Morgan fingerprint density at radius 2 is 1.90 bits per heavy atom. The lowest BCUT2D eigenvalue weighted by molar-refractivity contribution is 0.436. The Morgan fingerprint density at radius 1 is 1.19 bits per heavy atom. The standard InChI is InChI=1S/C17H21N3O/c1-10-16(14-9-15(18)19-21-14)12-8-11(17(2,3)4)6-7-13(12)20(10)5/h6-9H,1-5H3,(H2,18,19). The van der Waals surface area contributed by atoms with E-state index >= 15 is 0 Å². The summed E-state index contributed by atoms with van der Waals surface area (Å²) in [5.41, 5.74) is 10.5. The van der Waals surface area contributed by atoms with E-state index in [0.717, 1.165) is 17.0 Å². The van der Waals surface area contributed by atoms with E-state index in [9.17, 15) is 0 Å². The topological polar surface area (TPSA) is 57.0 Å². The van der Waals surface area contributed by atoms with Crippen LogP contribution < -0.4 is 5.73 Å². The zero-order valence-corrected chi connectivity index (χ0v) is 13.2. The minimum absolute atomic E-state index is 0.107. The van der Waals surface area contributed by atoms with Crippen LogP contribution in [0.1, 0.15) is 32.0 Å². The zero-order valence-electron chi connectivity index (χ0n) is 13.2. The third kappa shape index (κ3) is 2.11. The van der Waals surface area contributed by atoms with E-state index in [4.69, 9.17) is 10.3 Å². The molecule has 0 unspecified atom stereocenters. The average molecular weight is 283 g/mol. The van der Waals surface area contributed by atoms with E-state index in [0.29, 0.717) is 5.82 Å². The highest BCUT2D eigenvalue weighted by molar-refractivity contribution is 5.97. The largest absolute Gasteiger partial charge is 0.381 e. The minimum Gasteiger partial charge on any atom is -0.381 e. The van der Waals surface area contributed by atoms with Gasteiger partial charge in [0.2, 0.25) is 0 Å². The molecule has 110 valence electrons. The van der Waals surface area contributed by atoms with E-state index < -0.39 is 0 Å². The van der Waals surface area contributed by atoms with Gasteiger partial charge < -0.3 is 14.8 Å². The van der Waals surface area contributed by atoms with Crippen molar-refractivity contribution in [3.63, 3.8) is 0 Å². The molecule has 2 aromatic heterocycles. The monoisotopic (exact) mass is 283 g/mol. The summed E-state index contributed by atoms with van der Waals surface area (Å²) in [6.07, 6.45) is 0. The Kier molecular flexibility index (Phi) is 2.87. The van der Waals surface area contributed by atoms with Crippen molar-refractivity contribution < 1.29 is 4.52 Å². The molecule has 0 aliphatic rings. The molecule has 0 aliphatic heterocycles. The molecule has 0 fully saturated rings. The molecule has 0 amide bonds. The summed E-state index contributed by atoms with van der Waals surface area (Å²) in [6.45, 7) is 8.74. The van der Waals surface area contributed by atoms with Crippen LogP contribution >= 0.6 is 0 Å². The van der Waals surface area contributed by atoms with Gasteiger partial charge in [-0.15, -0.1) is 0 Å². The van der Waals surface area contributed by atoms with Gasteiger partial charge in [0.15, 0.2) is 11.6 Å². The summed E-state index contributed by atoms with van der Waals surface area (Å²) in [5, 5.41) is 4.99. The average Bonchev–Trinajstić information content (AvgIpc) is 2.92. The van der Waals surface area contributed by atoms with Crippen LogP contribution in [0.25, 0.3) is 22.2 Å². The number of rotatable bonds is 1. The predicted octanol–water partition coefficient (Wildman–Crippen LogP) is 4.02. The molecule has 0 aliphatic carbocycles. The van der Waals surface area contributed by atoms with Gasteiger partial charge in [-0.3, -0.25) is 0 Å². The molecule has 0 saturated heterocycles. The third-order valence-corrected chi connectivity index (χ3v) is 4.13. The van der Waals surface area contributed by atoms with Crippen molar-refractivity contribution in [3.8, 4) is 11.3 Å². The Morgan fingerprint density at radius 3 is 2.48 bits per heavy atom. The van der Waals surface area contributed by atoms with Crippen LogP contribution in [0.2, 0.25) is 0 Å². The van der Waals surface area contributed by atoms with Gasteiger partial charge in [0.1, 0.15) is 0 Å². The van der Waals surface area contributed by atoms with Crippen molar-refractivity contribution in [2.45, 2.75) is 33.1 Å². The highest BCUT2D eigenvalue weighted by atomic mass is 16.5. The lowest BCUT2D eigenvalue weighted by Gasteiger charge is -2.19. The Hall–Kier alpha value is -2.23. The SMILES string of the molecule is Cc1c(-c2cc(N)no2)c2cc(C(C)(C)C)ccc2n1C. The molecule has 0 saturated carbocycles. The first-order valence-corrected chi connectivity index (χ1v) is 7.11. The third-order valence-electron chi connectivity index (χ3n) is 4.13. The number of hydrogen-bond acceptors (Lipinski definition) is 3. The number of aryl methyl sites for hydroxylation is 1. The molecular formula is C17H21N3O. The van der Waals surface area contributed by atoms with Crippen molar-refractivity contribution >= 4 is 16.7 Å². The molecule has 4 nitrogen and oxygen atoms in total. The second-order valence-electron chi connectivity index (χ2n) is 6.62. The number of nitrogens with zero attached hydrogens (tertiary/aromatic N) is 2. The quantitative estimate of drug-likeness (QED) is 0.733. The van der Waals surface area contributed by atoms with Crippen LogP contribution in [0.4, 0.5) is 5.82 Å². The molecule has 3 rings (SSSR count). The molecule has 0 bridgehead atoms. The van der Waals surface area contributed by atoms with E-state index in [1.165, 1.54) is 16.5 Å². The molecule has 1 aromatic carbocycles. The van der Waals surface area contributed by atoms with Crippen LogP contribution in [0.15, 0.2) is 28.8 Å². The zero-order chi connectivity index (χ0) is 15.4. The van der Waals surface area contributed by atoms with Gasteiger partial charge in [0, 0.05) is 35.3 Å². The van der Waals surface area contributed by atoms with Gasteiger partial charge in [-0.25, -0.2) is 0 Å². The van der Waals surface area contributed by atoms with Crippen molar-refractivity contribution in [3.05, 3.63) is 35.5 Å². The van der Waals surface area contributed by atoms with Crippen molar-refractivity contribution in [2.24, 2.45) is 7.05 Å². The Bertz CT molecular complexity index is 819. The van der Waals surface area contributed by atoms with Crippen LogP contribution in [0.3, 0.4) is 0 Å². The van der Waals surface area contributed by atoms with Crippen LogP contribution in [0.5, 0.6) is 0 Å². The predicted molar refractivity (Wildman–Crippen MR) is 86.3 cm³/mol. The Labute approximate surface area is 124 Å². The lowest BCUT2D eigenvalue weighted by Crippen LogP contribution is -2.10. The first-order valence-electron chi connectivity index (χ1n) is 7.11. The van der Waals surface area contributed by atoms with Crippen molar-refractivity contribution in [1.29, 1.82) is 0 Å². The number of benzene rings is 1. The summed E-state index contributed by atoms with van der Waals surface area (Å²) in [7, 11) is 2.07. The molecule has 3 aromatic rings. The summed E-state index contributed by atoms with van der Waals surface area (Å²) in [4.78, 5) is 0. The molecule has 4 heteroatoms. The van der Waals surface area contributed by atoms with Crippen LogP contribution in [0, 0.1) is 6.92 Å². The van der Waals surface area contributed by atoms with E-state index in [-0.39, 0.29) is 5.41 Å². The van der Waals surface area contributed by atoms with Crippen LogP contribution in [-0.2, 0) is 12.5 Å². The van der Waals surface area contributed by atoms with Gasteiger partial charge in [0.05, 0.1) is 0 Å². The van der Waals surface area contributed by atoms with Gasteiger partial charge in [-0.05, 0) is 30.0 Å². The molecule has 2 heterocycles. The first-order chi connectivity index (χ1) is 9.79. The highest BCUT2D eigenvalue weighted by Crippen LogP contribution is 2.37. The van der Waals surface area contributed by atoms with E-state index in [1.54, 1.807) is 6.07 Å². The summed E-state index contributed by atoms with van der Waals surface area (Å²) in [5.74, 6) is 1.13. The van der Waals surface area contributed by atoms with Crippen LogP contribution in [-0.4, -0.2) is 9.72 Å².